The van der Waals surface area contributed by atoms with E-state index in [1.807, 2.05) is 43.3 Å². The van der Waals surface area contributed by atoms with Crippen LogP contribution in [0.25, 0.3) is 6.08 Å². The van der Waals surface area contributed by atoms with Gasteiger partial charge in [-0.25, -0.2) is 4.90 Å². The Morgan fingerprint density at radius 2 is 1.82 bits per heavy atom. The average Bonchev–Trinajstić information content (AvgIpc) is 2.75. The Hall–Kier alpha value is -1.85. The zero-order chi connectivity index (χ0) is 15.7. The lowest BCUT2D eigenvalue weighted by Gasteiger charge is -2.12. The maximum atomic E-state index is 12.5. The van der Waals surface area contributed by atoms with E-state index >= 15 is 0 Å². The standard InChI is InChI=1S/C17H12BrNO2S/c1-11-5-7-14(8-6-11)19-16(20)15(22-17(19)21)10-12-3-2-4-13(18)9-12/h2-10H,1H3/b15-10+. The Labute approximate surface area is 141 Å². The molecular formula is C17H12BrNO2S. The van der Waals surface area contributed by atoms with E-state index in [9.17, 15) is 9.59 Å². The molecule has 1 aliphatic rings. The molecule has 0 aromatic heterocycles. The largest absolute Gasteiger partial charge is 0.298 e. The number of carbonyl (C=O) groups is 2. The zero-order valence-corrected chi connectivity index (χ0v) is 14.1. The number of aryl methyl sites for hydroxylation is 1. The van der Waals surface area contributed by atoms with Crippen LogP contribution in [0.2, 0.25) is 0 Å². The number of benzene rings is 2. The third kappa shape index (κ3) is 3.00. The zero-order valence-electron chi connectivity index (χ0n) is 11.7. The Kier molecular flexibility index (Phi) is 4.18. The first-order chi connectivity index (χ1) is 10.5. The van der Waals surface area contributed by atoms with Crippen LogP contribution in [0.5, 0.6) is 0 Å². The van der Waals surface area contributed by atoms with Gasteiger partial charge in [0.15, 0.2) is 0 Å². The van der Waals surface area contributed by atoms with Gasteiger partial charge in [-0.15, -0.1) is 0 Å². The second-order valence-corrected chi connectivity index (χ2v) is 6.82. The molecule has 0 aliphatic carbocycles. The van der Waals surface area contributed by atoms with Crippen molar-refractivity contribution in [2.75, 3.05) is 4.90 Å². The van der Waals surface area contributed by atoms with Crippen molar-refractivity contribution in [2.24, 2.45) is 0 Å². The highest BCUT2D eigenvalue weighted by Gasteiger charge is 2.36. The van der Waals surface area contributed by atoms with Gasteiger partial charge in [-0.3, -0.25) is 9.59 Å². The molecule has 110 valence electrons. The first-order valence-corrected chi connectivity index (χ1v) is 8.26. The molecule has 0 bridgehead atoms. The summed E-state index contributed by atoms with van der Waals surface area (Å²) in [5.41, 5.74) is 2.56. The fourth-order valence-electron chi connectivity index (χ4n) is 2.13. The molecule has 3 nitrogen and oxygen atoms in total. The number of amides is 2. The molecule has 2 aromatic rings. The Bertz CT molecular complexity index is 784. The molecule has 1 fully saturated rings. The van der Waals surface area contributed by atoms with Gasteiger partial charge in [0.05, 0.1) is 10.6 Å². The normalized spacial score (nSPS) is 16.6. The molecule has 5 heteroatoms. The molecule has 0 N–H and O–H groups in total. The predicted octanol–water partition coefficient (Wildman–Crippen LogP) is 5.00. The van der Waals surface area contributed by atoms with Gasteiger partial charge in [0.25, 0.3) is 11.1 Å². The fourth-order valence-corrected chi connectivity index (χ4v) is 3.39. The van der Waals surface area contributed by atoms with Crippen molar-refractivity contribution < 1.29 is 9.59 Å². The van der Waals surface area contributed by atoms with Gasteiger partial charge in [0.2, 0.25) is 0 Å². The van der Waals surface area contributed by atoms with Crippen LogP contribution in [0.3, 0.4) is 0 Å². The lowest BCUT2D eigenvalue weighted by atomic mass is 10.2. The van der Waals surface area contributed by atoms with Crippen LogP contribution in [0.1, 0.15) is 11.1 Å². The first kappa shape index (κ1) is 15.1. The molecule has 0 radical (unpaired) electrons. The number of rotatable bonds is 2. The van der Waals surface area contributed by atoms with Crippen LogP contribution in [0, 0.1) is 6.92 Å². The molecule has 0 unspecified atom stereocenters. The maximum Gasteiger partial charge on any atom is 0.298 e. The number of halogens is 1. The third-order valence-electron chi connectivity index (χ3n) is 3.23. The smallest absolute Gasteiger partial charge is 0.268 e. The van der Waals surface area contributed by atoms with Crippen LogP contribution in [-0.4, -0.2) is 11.1 Å². The molecule has 0 atom stereocenters. The SMILES string of the molecule is Cc1ccc(N2C(=O)S/C(=C/c3cccc(Br)c3)C2=O)cc1. The summed E-state index contributed by atoms with van der Waals surface area (Å²) in [5, 5.41) is -0.268. The van der Waals surface area contributed by atoms with Gasteiger partial charge in [0.1, 0.15) is 0 Å². The molecule has 2 aromatic carbocycles. The molecule has 0 saturated carbocycles. The van der Waals surface area contributed by atoms with Gasteiger partial charge in [-0.1, -0.05) is 45.8 Å². The Morgan fingerprint density at radius 3 is 2.50 bits per heavy atom. The average molecular weight is 374 g/mol. The van der Waals surface area contributed by atoms with E-state index in [2.05, 4.69) is 15.9 Å². The van der Waals surface area contributed by atoms with Crippen molar-refractivity contribution in [3.05, 3.63) is 69.0 Å². The summed E-state index contributed by atoms with van der Waals surface area (Å²) < 4.78 is 0.930. The fraction of sp³-hybridized carbons (Fsp3) is 0.0588. The minimum atomic E-state index is -0.279. The van der Waals surface area contributed by atoms with Crippen molar-refractivity contribution in [1.82, 2.24) is 0 Å². The van der Waals surface area contributed by atoms with E-state index in [4.69, 9.17) is 0 Å². The van der Waals surface area contributed by atoms with E-state index in [1.54, 1.807) is 18.2 Å². The summed E-state index contributed by atoms with van der Waals surface area (Å²) in [6.07, 6.45) is 1.74. The number of imide groups is 1. The molecule has 1 aliphatic heterocycles. The van der Waals surface area contributed by atoms with Crippen molar-refractivity contribution in [2.45, 2.75) is 6.92 Å². The predicted molar refractivity (Wildman–Crippen MR) is 93.8 cm³/mol. The number of hydrogen-bond acceptors (Lipinski definition) is 3. The third-order valence-corrected chi connectivity index (χ3v) is 4.60. The number of hydrogen-bond donors (Lipinski definition) is 0. The van der Waals surface area contributed by atoms with Crippen molar-refractivity contribution in [3.8, 4) is 0 Å². The maximum absolute atomic E-state index is 12.5. The van der Waals surface area contributed by atoms with Gasteiger partial charge >= 0.3 is 0 Å². The molecule has 3 rings (SSSR count). The monoisotopic (exact) mass is 373 g/mol. The van der Waals surface area contributed by atoms with Gasteiger partial charge in [0, 0.05) is 4.47 Å². The second-order valence-electron chi connectivity index (χ2n) is 4.91. The quantitative estimate of drug-likeness (QED) is 0.695. The molecule has 22 heavy (non-hydrogen) atoms. The minimum absolute atomic E-state index is 0.268. The van der Waals surface area contributed by atoms with E-state index in [0.717, 1.165) is 27.4 Å². The minimum Gasteiger partial charge on any atom is -0.268 e. The van der Waals surface area contributed by atoms with Gasteiger partial charge in [-0.05, 0) is 54.6 Å². The molecule has 1 heterocycles. The number of thioether (sulfide) groups is 1. The van der Waals surface area contributed by atoms with E-state index in [1.165, 1.54) is 4.90 Å². The van der Waals surface area contributed by atoms with Crippen LogP contribution in [-0.2, 0) is 4.79 Å². The molecular weight excluding hydrogens is 362 g/mol. The van der Waals surface area contributed by atoms with Crippen molar-refractivity contribution in [1.29, 1.82) is 0 Å². The van der Waals surface area contributed by atoms with Gasteiger partial charge in [-0.2, -0.15) is 0 Å². The van der Waals surface area contributed by atoms with Gasteiger partial charge < -0.3 is 0 Å². The Morgan fingerprint density at radius 1 is 1.09 bits per heavy atom. The van der Waals surface area contributed by atoms with Crippen LogP contribution in [0.15, 0.2) is 57.9 Å². The lowest BCUT2D eigenvalue weighted by Crippen LogP contribution is -2.27. The lowest BCUT2D eigenvalue weighted by molar-refractivity contribution is -0.113. The second kappa shape index (κ2) is 6.10. The highest BCUT2D eigenvalue weighted by atomic mass is 79.9. The number of nitrogens with zero attached hydrogens (tertiary/aromatic N) is 1. The Balaban J connectivity index is 1.93. The summed E-state index contributed by atoms with van der Waals surface area (Å²) in [6.45, 7) is 1.96. The molecule has 0 spiro atoms. The van der Waals surface area contributed by atoms with E-state index in [0.29, 0.717) is 10.6 Å². The first-order valence-electron chi connectivity index (χ1n) is 6.65. The number of anilines is 1. The van der Waals surface area contributed by atoms with Crippen LogP contribution >= 0.6 is 27.7 Å². The van der Waals surface area contributed by atoms with Crippen molar-refractivity contribution in [3.63, 3.8) is 0 Å². The summed E-state index contributed by atoms with van der Waals surface area (Å²) in [5.74, 6) is -0.279. The highest BCUT2D eigenvalue weighted by molar-refractivity contribution is 9.10. The summed E-state index contributed by atoms with van der Waals surface area (Å²) in [6, 6.07) is 14.9. The topological polar surface area (TPSA) is 37.4 Å². The van der Waals surface area contributed by atoms with E-state index < -0.39 is 0 Å². The van der Waals surface area contributed by atoms with Crippen LogP contribution < -0.4 is 4.90 Å². The van der Waals surface area contributed by atoms with Crippen molar-refractivity contribution >= 4 is 50.6 Å². The summed E-state index contributed by atoms with van der Waals surface area (Å²) >= 11 is 4.36. The summed E-state index contributed by atoms with van der Waals surface area (Å²) in [7, 11) is 0. The molecule has 1 saturated heterocycles. The highest BCUT2D eigenvalue weighted by Crippen LogP contribution is 2.35. The molecule has 2 amide bonds. The summed E-state index contributed by atoms with van der Waals surface area (Å²) in [4.78, 5) is 26.3. The van der Waals surface area contributed by atoms with Crippen LogP contribution in [0.4, 0.5) is 10.5 Å². The number of carbonyl (C=O) groups excluding carboxylic acids is 2. The van der Waals surface area contributed by atoms with E-state index in [-0.39, 0.29) is 11.1 Å².